The third-order valence-corrected chi connectivity index (χ3v) is 3.99. The molecular weight excluding hydrogens is 290 g/mol. The van der Waals surface area contributed by atoms with Crippen molar-refractivity contribution in [3.8, 4) is 5.75 Å². The Morgan fingerprint density at radius 2 is 2.09 bits per heavy atom. The zero-order chi connectivity index (χ0) is 15.6. The third kappa shape index (κ3) is 2.61. The van der Waals surface area contributed by atoms with E-state index in [1.807, 2.05) is 30.3 Å². The van der Waals surface area contributed by atoms with Crippen LogP contribution in [0.4, 0.5) is 0 Å². The van der Waals surface area contributed by atoms with Gasteiger partial charge in [-0.2, -0.15) is 0 Å². The van der Waals surface area contributed by atoms with E-state index in [0.717, 1.165) is 28.6 Å². The Bertz CT molecular complexity index is 879. The van der Waals surface area contributed by atoms with Crippen molar-refractivity contribution in [1.82, 2.24) is 15.3 Å². The van der Waals surface area contributed by atoms with Crippen LogP contribution < -0.4 is 10.1 Å². The van der Waals surface area contributed by atoms with Gasteiger partial charge in [0.2, 0.25) is 0 Å². The summed E-state index contributed by atoms with van der Waals surface area (Å²) in [5, 5.41) is 3.98. The van der Waals surface area contributed by atoms with Gasteiger partial charge in [-0.15, -0.1) is 0 Å². The lowest BCUT2D eigenvalue weighted by atomic mass is 10.0. The van der Waals surface area contributed by atoms with Crippen LogP contribution in [-0.2, 0) is 0 Å². The molecule has 23 heavy (non-hydrogen) atoms. The Balaban J connectivity index is 1.60. The number of amides is 1. The fourth-order valence-electron chi connectivity index (χ4n) is 2.82. The largest absolute Gasteiger partial charge is 0.493 e. The summed E-state index contributed by atoms with van der Waals surface area (Å²) >= 11 is 0. The number of ether oxygens (including phenoxy) is 1. The summed E-state index contributed by atoms with van der Waals surface area (Å²) in [4.78, 5) is 21.0. The van der Waals surface area contributed by atoms with Gasteiger partial charge in [0, 0.05) is 29.8 Å². The van der Waals surface area contributed by atoms with E-state index in [1.165, 1.54) is 0 Å². The Kier molecular flexibility index (Phi) is 3.38. The molecule has 1 aliphatic heterocycles. The molecule has 1 aliphatic rings. The number of nitrogens with zero attached hydrogens (tertiary/aromatic N) is 2. The highest BCUT2D eigenvalue weighted by molar-refractivity contribution is 5.95. The Labute approximate surface area is 133 Å². The van der Waals surface area contributed by atoms with E-state index in [-0.39, 0.29) is 11.9 Å². The van der Waals surface area contributed by atoms with Gasteiger partial charge >= 0.3 is 0 Å². The van der Waals surface area contributed by atoms with Gasteiger partial charge < -0.3 is 10.1 Å². The molecule has 0 radical (unpaired) electrons. The van der Waals surface area contributed by atoms with Gasteiger partial charge in [0.15, 0.2) is 0 Å². The van der Waals surface area contributed by atoms with Crippen molar-refractivity contribution < 1.29 is 9.53 Å². The quantitative estimate of drug-likeness (QED) is 0.790. The number of carbonyl (C=O) groups is 1. The number of benzene rings is 1. The first-order valence-corrected chi connectivity index (χ1v) is 7.54. The van der Waals surface area contributed by atoms with E-state index >= 15 is 0 Å². The lowest BCUT2D eigenvalue weighted by Gasteiger charge is -2.26. The predicted octanol–water partition coefficient (Wildman–Crippen LogP) is 2.88. The summed E-state index contributed by atoms with van der Waals surface area (Å²) in [6.07, 6.45) is 4.16. The molecule has 1 N–H and O–H groups in total. The molecule has 3 heterocycles. The molecule has 4 rings (SSSR count). The first-order chi connectivity index (χ1) is 11.3. The topological polar surface area (TPSA) is 64.1 Å². The van der Waals surface area contributed by atoms with Crippen LogP contribution in [0.1, 0.15) is 28.5 Å². The highest BCUT2D eigenvalue weighted by Crippen LogP contribution is 2.31. The molecule has 5 heteroatoms. The Morgan fingerprint density at radius 1 is 1.17 bits per heavy atom. The lowest BCUT2D eigenvalue weighted by Crippen LogP contribution is -2.32. The van der Waals surface area contributed by atoms with Gasteiger partial charge in [-0.25, -0.2) is 4.98 Å². The summed E-state index contributed by atoms with van der Waals surface area (Å²) in [7, 11) is 0. The normalized spacial score (nSPS) is 16.4. The molecule has 0 unspecified atom stereocenters. The van der Waals surface area contributed by atoms with Gasteiger partial charge in [0.05, 0.1) is 18.2 Å². The summed E-state index contributed by atoms with van der Waals surface area (Å²) in [6.45, 7) is 0.596. The molecule has 0 saturated carbocycles. The van der Waals surface area contributed by atoms with Crippen molar-refractivity contribution in [2.45, 2.75) is 12.5 Å². The number of carbonyl (C=O) groups excluding carboxylic acids is 1. The summed E-state index contributed by atoms with van der Waals surface area (Å²) < 4.78 is 5.62. The molecule has 1 aromatic carbocycles. The van der Waals surface area contributed by atoms with Gasteiger partial charge in [0.25, 0.3) is 5.91 Å². The van der Waals surface area contributed by atoms with E-state index < -0.39 is 0 Å². The van der Waals surface area contributed by atoms with Crippen LogP contribution in [0.2, 0.25) is 0 Å². The maximum atomic E-state index is 12.5. The van der Waals surface area contributed by atoms with Crippen molar-refractivity contribution in [2.75, 3.05) is 6.61 Å². The minimum Gasteiger partial charge on any atom is -0.493 e. The van der Waals surface area contributed by atoms with Gasteiger partial charge in [-0.05, 0) is 24.3 Å². The second-order valence-electron chi connectivity index (χ2n) is 5.47. The first-order valence-electron chi connectivity index (χ1n) is 7.54. The zero-order valence-electron chi connectivity index (χ0n) is 12.4. The number of rotatable bonds is 2. The monoisotopic (exact) mass is 305 g/mol. The van der Waals surface area contributed by atoms with Crippen LogP contribution in [0.25, 0.3) is 10.9 Å². The molecule has 0 saturated heterocycles. The molecule has 0 bridgehead atoms. The van der Waals surface area contributed by atoms with Crippen molar-refractivity contribution >= 4 is 16.8 Å². The van der Waals surface area contributed by atoms with Crippen LogP contribution >= 0.6 is 0 Å². The molecule has 114 valence electrons. The van der Waals surface area contributed by atoms with Crippen LogP contribution in [0.15, 0.2) is 54.9 Å². The number of pyridine rings is 2. The van der Waals surface area contributed by atoms with E-state index in [4.69, 9.17) is 4.74 Å². The van der Waals surface area contributed by atoms with Crippen LogP contribution in [0.5, 0.6) is 5.75 Å². The SMILES string of the molecule is O=C(N[C@@H]1CCOc2ccccc21)c1ccc2cnccc2n1. The van der Waals surface area contributed by atoms with Crippen molar-refractivity contribution in [3.05, 3.63) is 66.1 Å². The van der Waals surface area contributed by atoms with Crippen LogP contribution in [-0.4, -0.2) is 22.5 Å². The van der Waals surface area contributed by atoms with Gasteiger partial charge in [-0.3, -0.25) is 9.78 Å². The second kappa shape index (κ2) is 5.68. The smallest absolute Gasteiger partial charge is 0.270 e. The average molecular weight is 305 g/mol. The van der Waals surface area contributed by atoms with E-state index in [9.17, 15) is 4.79 Å². The van der Waals surface area contributed by atoms with Crippen LogP contribution in [0.3, 0.4) is 0 Å². The number of hydrogen-bond donors (Lipinski definition) is 1. The molecule has 1 atom stereocenters. The molecule has 0 spiro atoms. The minimum atomic E-state index is -0.176. The molecule has 0 aliphatic carbocycles. The molecule has 0 fully saturated rings. The fourth-order valence-corrected chi connectivity index (χ4v) is 2.82. The van der Waals surface area contributed by atoms with Gasteiger partial charge in [-0.1, -0.05) is 18.2 Å². The van der Waals surface area contributed by atoms with Crippen molar-refractivity contribution in [2.24, 2.45) is 0 Å². The number of nitrogens with one attached hydrogen (secondary N) is 1. The van der Waals surface area contributed by atoms with E-state index in [1.54, 1.807) is 24.5 Å². The fraction of sp³-hybridized carbons (Fsp3) is 0.167. The highest BCUT2D eigenvalue weighted by atomic mass is 16.5. The van der Waals surface area contributed by atoms with E-state index in [0.29, 0.717) is 12.3 Å². The molecular formula is C18H15N3O2. The average Bonchev–Trinajstić information content (AvgIpc) is 2.61. The maximum absolute atomic E-state index is 12.5. The second-order valence-corrected chi connectivity index (χ2v) is 5.47. The number of fused-ring (bicyclic) bond motifs is 2. The van der Waals surface area contributed by atoms with Gasteiger partial charge in [0.1, 0.15) is 11.4 Å². The summed E-state index contributed by atoms with van der Waals surface area (Å²) in [6, 6.07) is 13.1. The highest BCUT2D eigenvalue weighted by Gasteiger charge is 2.23. The zero-order valence-corrected chi connectivity index (χ0v) is 12.4. The van der Waals surface area contributed by atoms with Crippen molar-refractivity contribution in [1.29, 1.82) is 0 Å². The number of hydrogen-bond acceptors (Lipinski definition) is 4. The lowest BCUT2D eigenvalue weighted by molar-refractivity contribution is 0.0920. The maximum Gasteiger partial charge on any atom is 0.270 e. The Morgan fingerprint density at radius 3 is 3.04 bits per heavy atom. The molecule has 1 amide bonds. The molecule has 5 nitrogen and oxygen atoms in total. The predicted molar refractivity (Wildman–Crippen MR) is 86.3 cm³/mol. The molecule has 3 aromatic rings. The standard InChI is InChI=1S/C18H15N3O2/c22-18(16-6-5-12-11-19-9-7-14(12)20-16)21-15-8-10-23-17-4-2-1-3-13(15)17/h1-7,9,11,15H,8,10H2,(H,21,22)/t15-/m1/s1. The van der Waals surface area contributed by atoms with Crippen LogP contribution in [0, 0.1) is 0 Å². The summed E-state index contributed by atoms with van der Waals surface area (Å²) in [5.41, 5.74) is 2.18. The van der Waals surface area contributed by atoms with Crippen molar-refractivity contribution in [3.63, 3.8) is 0 Å². The third-order valence-electron chi connectivity index (χ3n) is 3.99. The minimum absolute atomic E-state index is 0.0533. The Hall–Kier alpha value is -2.95. The van der Waals surface area contributed by atoms with E-state index in [2.05, 4.69) is 15.3 Å². The number of para-hydroxylation sites is 1. The number of aromatic nitrogens is 2. The summed E-state index contributed by atoms with van der Waals surface area (Å²) in [5.74, 6) is 0.659. The molecule has 2 aromatic heterocycles. The first kappa shape index (κ1) is 13.7.